The molecule has 1 aliphatic rings. The third-order valence-corrected chi connectivity index (χ3v) is 3.51. The Hall–Kier alpha value is -1.09. The molecule has 0 aromatic heterocycles. The number of anilines is 1. The maximum absolute atomic E-state index is 5.63. The molecule has 0 spiro atoms. The second kappa shape index (κ2) is 4.42. The summed E-state index contributed by atoms with van der Waals surface area (Å²) < 4.78 is 0. The van der Waals surface area contributed by atoms with Crippen LogP contribution in [0.2, 0.25) is 0 Å². The highest BCUT2D eigenvalue weighted by Gasteiger charge is 2.34. The van der Waals surface area contributed by atoms with Crippen LogP contribution in [-0.2, 0) is 0 Å². The molecule has 1 fully saturated rings. The minimum Gasteiger partial charge on any atom is -0.389 e. The number of hydrogen-bond donors (Lipinski definition) is 2. The number of nitrogens with one attached hydrogen (secondary N) is 1. The van der Waals surface area contributed by atoms with Crippen molar-refractivity contribution in [2.75, 3.05) is 5.32 Å². The first-order chi connectivity index (χ1) is 7.61. The summed E-state index contributed by atoms with van der Waals surface area (Å²) in [5, 5.41) is 3.54. The molecule has 0 bridgehead atoms. The molecule has 86 valence electrons. The SMILES string of the molecule is CCC1CC1Nc1ccc(C(N)=S)c(C)c1. The number of nitrogens with two attached hydrogens (primary N) is 1. The molecule has 3 N–H and O–H groups in total. The van der Waals surface area contributed by atoms with Crippen LogP contribution < -0.4 is 11.1 Å². The summed E-state index contributed by atoms with van der Waals surface area (Å²) in [6, 6.07) is 6.86. The van der Waals surface area contributed by atoms with Crippen LogP contribution in [0.25, 0.3) is 0 Å². The lowest BCUT2D eigenvalue weighted by molar-refractivity contribution is 0.775. The molecule has 2 nitrogen and oxygen atoms in total. The van der Waals surface area contributed by atoms with E-state index in [4.69, 9.17) is 18.0 Å². The lowest BCUT2D eigenvalue weighted by Gasteiger charge is -2.09. The Morgan fingerprint density at radius 2 is 2.31 bits per heavy atom. The van der Waals surface area contributed by atoms with E-state index in [1.54, 1.807) is 0 Å². The van der Waals surface area contributed by atoms with Crippen molar-refractivity contribution in [1.29, 1.82) is 0 Å². The van der Waals surface area contributed by atoms with E-state index < -0.39 is 0 Å². The average Bonchev–Trinajstić information content (AvgIpc) is 2.96. The largest absolute Gasteiger partial charge is 0.389 e. The third kappa shape index (κ3) is 2.35. The van der Waals surface area contributed by atoms with Crippen molar-refractivity contribution in [3.63, 3.8) is 0 Å². The minimum atomic E-state index is 0.474. The van der Waals surface area contributed by atoms with Crippen LogP contribution in [0.4, 0.5) is 5.69 Å². The van der Waals surface area contributed by atoms with E-state index in [2.05, 4.69) is 24.4 Å². The highest BCUT2D eigenvalue weighted by atomic mass is 32.1. The molecule has 0 radical (unpaired) electrons. The zero-order chi connectivity index (χ0) is 11.7. The highest BCUT2D eigenvalue weighted by molar-refractivity contribution is 7.80. The first-order valence-corrected chi connectivity index (χ1v) is 6.19. The van der Waals surface area contributed by atoms with Gasteiger partial charge in [-0.15, -0.1) is 0 Å². The van der Waals surface area contributed by atoms with E-state index in [0.717, 1.165) is 17.0 Å². The molecule has 3 heteroatoms. The van der Waals surface area contributed by atoms with Crippen LogP contribution in [-0.4, -0.2) is 11.0 Å². The molecule has 1 aromatic carbocycles. The van der Waals surface area contributed by atoms with Gasteiger partial charge in [0.15, 0.2) is 0 Å². The Labute approximate surface area is 102 Å². The normalized spacial score (nSPS) is 22.9. The van der Waals surface area contributed by atoms with Gasteiger partial charge in [-0.3, -0.25) is 0 Å². The van der Waals surface area contributed by atoms with Gasteiger partial charge in [-0.05, 0) is 43.0 Å². The maximum atomic E-state index is 5.63. The Kier molecular flexibility index (Phi) is 3.15. The van der Waals surface area contributed by atoms with Gasteiger partial charge in [0, 0.05) is 17.3 Å². The molecule has 0 saturated heterocycles. The summed E-state index contributed by atoms with van der Waals surface area (Å²) in [5.41, 5.74) is 8.93. The molecule has 16 heavy (non-hydrogen) atoms. The third-order valence-electron chi connectivity index (χ3n) is 3.29. The van der Waals surface area contributed by atoms with Crippen molar-refractivity contribution in [3.8, 4) is 0 Å². The molecule has 1 aliphatic carbocycles. The first kappa shape index (κ1) is 11.4. The second-order valence-electron chi connectivity index (χ2n) is 4.55. The van der Waals surface area contributed by atoms with E-state index in [1.165, 1.54) is 18.5 Å². The lowest BCUT2D eigenvalue weighted by Crippen LogP contribution is -2.12. The topological polar surface area (TPSA) is 38.0 Å². The molecule has 2 rings (SSSR count). The fourth-order valence-corrected chi connectivity index (χ4v) is 2.35. The molecule has 0 heterocycles. The van der Waals surface area contributed by atoms with E-state index in [9.17, 15) is 0 Å². The van der Waals surface area contributed by atoms with E-state index >= 15 is 0 Å². The standard InChI is InChI=1S/C13H18N2S/c1-3-9-7-12(9)15-10-4-5-11(13(14)16)8(2)6-10/h4-6,9,12,15H,3,7H2,1-2H3,(H2,14,16). The van der Waals surface area contributed by atoms with Crippen molar-refractivity contribution < 1.29 is 0 Å². The molecule has 2 unspecified atom stereocenters. The van der Waals surface area contributed by atoms with Gasteiger partial charge >= 0.3 is 0 Å². The van der Waals surface area contributed by atoms with Gasteiger partial charge in [0.05, 0.1) is 0 Å². The summed E-state index contributed by atoms with van der Waals surface area (Å²) in [6.07, 6.45) is 2.56. The van der Waals surface area contributed by atoms with Crippen molar-refractivity contribution in [2.45, 2.75) is 32.7 Å². The van der Waals surface area contributed by atoms with Crippen molar-refractivity contribution in [1.82, 2.24) is 0 Å². The van der Waals surface area contributed by atoms with Gasteiger partial charge < -0.3 is 11.1 Å². The lowest BCUT2D eigenvalue weighted by atomic mass is 10.1. The number of aryl methyl sites for hydroxylation is 1. The minimum absolute atomic E-state index is 0.474. The van der Waals surface area contributed by atoms with Gasteiger partial charge in [0.1, 0.15) is 4.99 Å². The van der Waals surface area contributed by atoms with Crippen LogP contribution in [0.15, 0.2) is 18.2 Å². The fraction of sp³-hybridized carbons (Fsp3) is 0.462. The maximum Gasteiger partial charge on any atom is 0.104 e. The number of thiocarbonyl (C=S) groups is 1. The zero-order valence-corrected chi connectivity index (χ0v) is 10.6. The number of rotatable bonds is 4. The van der Waals surface area contributed by atoms with Crippen LogP contribution >= 0.6 is 12.2 Å². The van der Waals surface area contributed by atoms with Crippen molar-refractivity contribution >= 4 is 22.9 Å². The highest BCUT2D eigenvalue weighted by Crippen LogP contribution is 2.36. The molecule has 2 atom stereocenters. The van der Waals surface area contributed by atoms with Crippen LogP contribution in [0.1, 0.15) is 30.9 Å². The first-order valence-electron chi connectivity index (χ1n) is 5.78. The molecular formula is C13H18N2S. The van der Waals surface area contributed by atoms with Gasteiger partial charge in [-0.25, -0.2) is 0 Å². The summed E-state index contributed by atoms with van der Waals surface area (Å²) in [4.78, 5) is 0.474. The van der Waals surface area contributed by atoms with Gasteiger partial charge in [0.2, 0.25) is 0 Å². The second-order valence-corrected chi connectivity index (χ2v) is 4.99. The summed E-state index contributed by atoms with van der Waals surface area (Å²) >= 11 is 4.99. The molecular weight excluding hydrogens is 216 g/mol. The van der Waals surface area contributed by atoms with Crippen LogP contribution in [0.5, 0.6) is 0 Å². The molecule has 1 aromatic rings. The van der Waals surface area contributed by atoms with Crippen LogP contribution in [0, 0.1) is 12.8 Å². The Bertz CT molecular complexity index is 414. The van der Waals surface area contributed by atoms with Gasteiger partial charge in [-0.2, -0.15) is 0 Å². The fourth-order valence-electron chi connectivity index (χ4n) is 2.12. The molecule has 0 aliphatic heterocycles. The van der Waals surface area contributed by atoms with E-state index in [-0.39, 0.29) is 0 Å². The monoisotopic (exact) mass is 234 g/mol. The van der Waals surface area contributed by atoms with Gasteiger partial charge in [-0.1, -0.05) is 25.6 Å². The predicted octanol–water partition coefficient (Wildman–Crippen LogP) is 2.84. The Morgan fingerprint density at radius 3 is 2.81 bits per heavy atom. The van der Waals surface area contributed by atoms with E-state index in [1.807, 2.05) is 13.0 Å². The Balaban J connectivity index is 2.07. The summed E-state index contributed by atoms with van der Waals surface area (Å²) in [7, 11) is 0. The number of benzene rings is 1. The summed E-state index contributed by atoms with van der Waals surface area (Å²) in [6.45, 7) is 4.29. The summed E-state index contributed by atoms with van der Waals surface area (Å²) in [5.74, 6) is 0.857. The number of hydrogen-bond acceptors (Lipinski definition) is 2. The zero-order valence-electron chi connectivity index (χ0n) is 9.79. The van der Waals surface area contributed by atoms with Crippen LogP contribution in [0.3, 0.4) is 0 Å². The average molecular weight is 234 g/mol. The van der Waals surface area contributed by atoms with Gasteiger partial charge in [0.25, 0.3) is 0 Å². The van der Waals surface area contributed by atoms with E-state index in [0.29, 0.717) is 11.0 Å². The molecule has 1 saturated carbocycles. The molecule has 0 amide bonds. The Morgan fingerprint density at radius 1 is 1.56 bits per heavy atom. The van der Waals surface area contributed by atoms with Crippen molar-refractivity contribution in [3.05, 3.63) is 29.3 Å². The smallest absolute Gasteiger partial charge is 0.104 e. The van der Waals surface area contributed by atoms with Crippen molar-refractivity contribution in [2.24, 2.45) is 11.7 Å². The predicted molar refractivity (Wildman–Crippen MR) is 72.9 cm³/mol. The quantitative estimate of drug-likeness (QED) is 0.787.